The highest BCUT2D eigenvalue weighted by Crippen LogP contribution is 2.27. The predicted molar refractivity (Wildman–Crippen MR) is 104 cm³/mol. The van der Waals surface area contributed by atoms with Crippen molar-refractivity contribution in [1.29, 1.82) is 0 Å². The fraction of sp³-hybridized carbons (Fsp3) is 0.667. The van der Waals surface area contributed by atoms with Gasteiger partial charge >= 0.3 is 5.69 Å². The average Bonchev–Trinajstić information content (AvgIpc) is 3.04. The molecule has 1 saturated heterocycles. The van der Waals surface area contributed by atoms with Crippen molar-refractivity contribution in [3.05, 3.63) is 22.2 Å². The Morgan fingerprint density at radius 3 is 2.52 bits per heavy atom. The van der Waals surface area contributed by atoms with Crippen LogP contribution in [0.5, 0.6) is 0 Å². The van der Waals surface area contributed by atoms with Gasteiger partial charge < -0.3 is 31.3 Å². The van der Waals surface area contributed by atoms with Gasteiger partial charge in [-0.2, -0.15) is 4.98 Å². The number of rotatable bonds is 10. The number of carbonyl (C=O) groups excluding carboxylic acids is 2. The van der Waals surface area contributed by atoms with Crippen LogP contribution in [0.4, 0.5) is 5.82 Å². The van der Waals surface area contributed by atoms with Crippen LogP contribution in [0.2, 0.25) is 0 Å². The number of nitrogens with two attached hydrogens (primary N) is 1. The molecular formula is C18H29N5O6. The maximum Gasteiger partial charge on any atom is 0.351 e. The Morgan fingerprint density at radius 1 is 1.28 bits per heavy atom. The highest BCUT2D eigenvalue weighted by molar-refractivity contribution is 5.97. The monoisotopic (exact) mass is 411 g/mol. The predicted octanol–water partition coefficient (Wildman–Crippen LogP) is -1.11. The van der Waals surface area contributed by atoms with Crippen LogP contribution in [-0.2, 0) is 9.53 Å². The van der Waals surface area contributed by atoms with Gasteiger partial charge in [0.1, 0.15) is 18.1 Å². The highest BCUT2D eigenvalue weighted by Gasteiger charge is 2.35. The number of nitrogens with one attached hydrogen (secondary N) is 2. The molecule has 1 aromatic heterocycles. The number of hydrogen-bond acceptors (Lipinski definition) is 8. The lowest BCUT2D eigenvalue weighted by Crippen LogP contribution is -2.33. The van der Waals surface area contributed by atoms with E-state index in [1.54, 1.807) is 0 Å². The summed E-state index contributed by atoms with van der Waals surface area (Å²) in [5, 5.41) is 24.5. The number of nitrogen functional groups attached to an aromatic ring is 1. The van der Waals surface area contributed by atoms with E-state index in [-0.39, 0.29) is 30.3 Å². The average molecular weight is 411 g/mol. The Bertz CT molecular complexity index is 768. The van der Waals surface area contributed by atoms with Crippen molar-refractivity contribution in [2.45, 2.75) is 57.5 Å². The first-order valence-corrected chi connectivity index (χ1v) is 9.69. The zero-order valence-corrected chi connectivity index (χ0v) is 16.5. The van der Waals surface area contributed by atoms with Crippen LogP contribution in [0.25, 0.3) is 0 Å². The third-order valence-electron chi connectivity index (χ3n) is 4.68. The van der Waals surface area contributed by atoms with E-state index >= 15 is 0 Å². The van der Waals surface area contributed by atoms with Gasteiger partial charge in [0.15, 0.2) is 0 Å². The van der Waals surface area contributed by atoms with Crippen LogP contribution in [0, 0.1) is 0 Å². The molecule has 0 spiro atoms. The molecule has 1 aliphatic heterocycles. The van der Waals surface area contributed by atoms with Crippen molar-refractivity contribution in [3.63, 3.8) is 0 Å². The lowest BCUT2D eigenvalue weighted by molar-refractivity contribution is -0.118. The van der Waals surface area contributed by atoms with Gasteiger partial charge in [-0.25, -0.2) is 4.79 Å². The van der Waals surface area contributed by atoms with Gasteiger partial charge in [0.2, 0.25) is 5.91 Å². The molecule has 11 nitrogen and oxygen atoms in total. The Kier molecular flexibility index (Phi) is 8.55. The number of anilines is 1. The third kappa shape index (κ3) is 6.51. The van der Waals surface area contributed by atoms with Crippen LogP contribution >= 0.6 is 0 Å². The van der Waals surface area contributed by atoms with Crippen LogP contribution in [0.15, 0.2) is 11.0 Å². The topological polar surface area (TPSA) is 169 Å². The van der Waals surface area contributed by atoms with Crippen LogP contribution in [0.3, 0.4) is 0 Å². The number of amides is 2. The van der Waals surface area contributed by atoms with Gasteiger partial charge in [0.25, 0.3) is 5.91 Å². The summed E-state index contributed by atoms with van der Waals surface area (Å²) in [6.07, 6.45) is 2.26. The largest absolute Gasteiger partial charge is 0.394 e. The minimum atomic E-state index is -0.919. The normalized spacial score (nSPS) is 21.1. The number of ether oxygens (including phenoxy) is 1. The number of carbonyl (C=O) groups is 2. The van der Waals surface area contributed by atoms with Crippen LogP contribution in [-0.4, -0.2) is 63.5 Å². The molecule has 0 saturated carbocycles. The summed E-state index contributed by atoms with van der Waals surface area (Å²) in [5.41, 5.74) is 5.07. The molecule has 3 atom stereocenters. The molecule has 0 radical (unpaired) electrons. The number of aliphatic hydroxyl groups is 2. The van der Waals surface area contributed by atoms with Gasteiger partial charge in [0.05, 0.1) is 18.3 Å². The third-order valence-corrected chi connectivity index (χ3v) is 4.68. The van der Waals surface area contributed by atoms with Crippen molar-refractivity contribution < 1.29 is 24.5 Å². The maximum absolute atomic E-state index is 12.4. The summed E-state index contributed by atoms with van der Waals surface area (Å²) >= 11 is 0. The fourth-order valence-electron chi connectivity index (χ4n) is 3.08. The second-order valence-electron chi connectivity index (χ2n) is 7.00. The van der Waals surface area contributed by atoms with E-state index in [2.05, 4.69) is 15.6 Å². The van der Waals surface area contributed by atoms with Gasteiger partial charge in [-0.1, -0.05) is 12.8 Å². The van der Waals surface area contributed by atoms with E-state index in [1.165, 1.54) is 13.1 Å². The minimum absolute atomic E-state index is 0.0424. The molecule has 0 aliphatic carbocycles. The molecule has 0 unspecified atom stereocenters. The smallest absolute Gasteiger partial charge is 0.351 e. The number of aromatic nitrogens is 2. The summed E-state index contributed by atoms with van der Waals surface area (Å²) in [5.74, 6) is -0.690. The molecular weight excluding hydrogens is 382 g/mol. The number of hydrogen-bond donors (Lipinski definition) is 5. The number of unbranched alkanes of at least 4 members (excludes halogenated alkanes) is 3. The molecule has 29 heavy (non-hydrogen) atoms. The minimum Gasteiger partial charge on any atom is -0.394 e. The zero-order valence-electron chi connectivity index (χ0n) is 16.5. The van der Waals surface area contributed by atoms with Crippen molar-refractivity contribution >= 4 is 17.6 Å². The van der Waals surface area contributed by atoms with Gasteiger partial charge in [0, 0.05) is 32.6 Å². The second kappa shape index (κ2) is 10.9. The SMILES string of the molecule is CC(=O)NCCCCCCNC(=O)c1cn([C@H]2C[C@H](O)[C@@H](CO)O2)c(=O)nc1N. The molecule has 0 bridgehead atoms. The molecule has 11 heteroatoms. The summed E-state index contributed by atoms with van der Waals surface area (Å²) in [6.45, 7) is 2.17. The first-order valence-electron chi connectivity index (χ1n) is 9.69. The van der Waals surface area contributed by atoms with Gasteiger partial charge in [-0.3, -0.25) is 14.2 Å². The number of aliphatic hydroxyl groups excluding tert-OH is 2. The molecule has 162 valence electrons. The Morgan fingerprint density at radius 2 is 1.93 bits per heavy atom. The van der Waals surface area contributed by atoms with Crippen molar-refractivity contribution in [2.75, 3.05) is 25.4 Å². The fourth-order valence-corrected chi connectivity index (χ4v) is 3.08. The molecule has 1 fully saturated rings. The summed E-state index contributed by atoms with van der Waals surface area (Å²) in [6, 6.07) is 0. The molecule has 1 aliphatic rings. The van der Waals surface area contributed by atoms with Crippen molar-refractivity contribution in [2.24, 2.45) is 0 Å². The van der Waals surface area contributed by atoms with E-state index in [4.69, 9.17) is 10.5 Å². The number of nitrogens with zero attached hydrogens (tertiary/aromatic N) is 2. The summed E-state index contributed by atoms with van der Waals surface area (Å²) < 4.78 is 6.55. The Labute approximate surface area is 168 Å². The van der Waals surface area contributed by atoms with Crippen LogP contribution < -0.4 is 22.1 Å². The van der Waals surface area contributed by atoms with E-state index in [1.807, 2.05) is 0 Å². The van der Waals surface area contributed by atoms with Crippen LogP contribution in [0.1, 0.15) is 55.6 Å². The molecule has 1 aromatic rings. The molecule has 2 heterocycles. The molecule has 2 amide bonds. The molecule has 0 aromatic carbocycles. The Balaban J connectivity index is 1.87. The summed E-state index contributed by atoms with van der Waals surface area (Å²) in [4.78, 5) is 39.0. The lowest BCUT2D eigenvalue weighted by atomic mass is 10.2. The van der Waals surface area contributed by atoms with E-state index in [9.17, 15) is 24.6 Å². The van der Waals surface area contributed by atoms with E-state index in [0.29, 0.717) is 13.1 Å². The van der Waals surface area contributed by atoms with Crippen molar-refractivity contribution in [1.82, 2.24) is 20.2 Å². The van der Waals surface area contributed by atoms with Gasteiger partial charge in [-0.15, -0.1) is 0 Å². The first kappa shape index (κ1) is 22.8. The highest BCUT2D eigenvalue weighted by atomic mass is 16.5. The summed E-state index contributed by atoms with van der Waals surface area (Å²) in [7, 11) is 0. The second-order valence-corrected chi connectivity index (χ2v) is 7.00. The Hall–Kier alpha value is -2.50. The lowest BCUT2D eigenvalue weighted by Gasteiger charge is -2.16. The quantitative estimate of drug-likeness (QED) is 0.302. The van der Waals surface area contributed by atoms with Gasteiger partial charge in [-0.05, 0) is 12.8 Å². The van der Waals surface area contributed by atoms with E-state index in [0.717, 1.165) is 30.3 Å². The standard InChI is InChI=1S/C18H29N5O6/c1-11(25)20-6-4-2-3-5-7-21-17(27)12-9-23(18(28)22-16(12)19)15-8-13(26)14(10-24)29-15/h9,13-15,24,26H,2-8,10H2,1H3,(H,20,25)(H,21,27)(H2,19,22,28)/t13-,14+,15+/m0/s1. The molecule has 2 rings (SSSR count). The molecule has 6 N–H and O–H groups in total. The first-order chi connectivity index (χ1) is 13.8. The zero-order chi connectivity index (χ0) is 21.4. The van der Waals surface area contributed by atoms with Crippen molar-refractivity contribution in [3.8, 4) is 0 Å². The van der Waals surface area contributed by atoms with E-state index < -0.39 is 30.0 Å². The maximum atomic E-state index is 12.4.